The first kappa shape index (κ1) is 17.2. The molecule has 21 heavy (non-hydrogen) atoms. The molecule has 0 bridgehead atoms. The van der Waals surface area contributed by atoms with Crippen molar-refractivity contribution in [2.24, 2.45) is 17.8 Å². The highest BCUT2D eigenvalue weighted by Crippen LogP contribution is 2.35. The fourth-order valence-electron chi connectivity index (χ4n) is 4.03. The number of rotatable bonds is 7. The summed E-state index contributed by atoms with van der Waals surface area (Å²) in [5.41, 5.74) is 0. The van der Waals surface area contributed by atoms with E-state index in [1.54, 1.807) is 0 Å². The largest absolute Gasteiger partial charge is 0.389 e. The summed E-state index contributed by atoms with van der Waals surface area (Å²) in [5, 5.41) is 13.6. The summed E-state index contributed by atoms with van der Waals surface area (Å²) in [6, 6.07) is 0.623. The predicted molar refractivity (Wildman–Crippen MR) is 87.3 cm³/mol. The monoisotopic (exact) mass is 297 g/mol. The standard InChI is InChI=1S/C18H35NO2/c1-13(2)17-9-8-14(3)10-18(17)21-12-16(20)11-19-15-6-4-5-7-15/h13-20H,4-12H2,1-3H3/t14-,16+,17+,18-/m0/s1. The Bertz CT molecular complexity index is 289. The SMILES string of the molecule is CC(C)[C@H]1CC[C@H](C)C[C@@H]1OC[C@H](O)CNC1CCCC1. The van der Waals surface area contributed by atoms with Gasteiger partial charge in [-0.1, -0.05) is 40.0 Å². The average Bonchev–Trinajstić information content (AvgIpc) is 2.96. The van der Waals surface area contributed by atoms with Crippen molar-refractivity contribution < 1.29 is 9.84 Å². The Morgan fingerprint density at radius 3 is 2.52 bits per heavy atom. The maximum absolute atomic E-state index is 10.1. The molecule has 0 aromatic rings. The number of hydrogen-bond donors (Lipinski definition) is 2. The van der Waals surface area contributed by atoms with E-state index in [9.17, 15) is 5.11 Å². The van der Waals surface area contributed by atoms with Gasteiger partial charge in [-0.2, -0.15) is 0 Å². The van der Waals surface area contributed by atoms with Crippen molar-refractivity contribution in [3.63, 3.8) is 0 Å². The van der Waals surface area contributed by atoms with Gasteiger partial charge in [0.1, 0.15) is 0 Å². The number of hydrogen-bond acceptors (Lipinski definition) is 3. The van der Waals surface area contributed by atoms with Crippen LogP contribution >= 0.6 is 0 Å². The zero-order chi connectivity index (χ0) is 15.2. The number of ether oxygens (including phenoxy) is 1. The molecular formula is C18H35NO2. The highest BCUT2D eigenvalue weighted by molar-refractivity contribution is 4.82. The summed E-state index contributed by atoms with van der Waals surface area (Å²) in [6.07, 6.45) is 8.94. The highest BCUT2D eigenvalue weighted by Gasteiger charge is 2.31. The van der Waals surface area contributed by atoms with Crippen molar-refractivity contribution >= 4 is 0 Å². The Balaban J connectivity index is 1.69. The molecule has 124 valence electrons. The van der Waals surface area contributed by atoms with E-state index in [0.29, 0.717) is 37.1 Å². The molecule has 0 spiro atoms. The van der Waals surface area contributed by atoms with E-state index in [2.05, 4.69) is 26.1 Å². The average molecular weight is 297 g/mol. The molecule has 2 aliphatic carbocycles. The van der Waals surface area contributed by atoms with Gasteiger partial charge >= 0.3 is 0 Å². The summed E-state index contributed by atoms with van der Waals surface area (Å²) < 4.78 is 6.11. The molecule has 3 nitrogen and oxygen atoms in total. The quantitative estimate of drug-likeness (QED) is 0.757. The lowest BCUT2D eigenvalue weighted by molar-refractivity contribution is -0.0685. The third-order valence-electron chi connectivity index (χ3n) is 5.46. The summed E-state index contributed by atoms with van der Waals surface area (Å²) in [6.45, 7) is 8.09. The minimum atomic E-state index is -0.365. The lowest BCUT2D eigenvalue weighted by atomic mass is 9.75. The molecule has 2 saturated carbocycles. The van der Waals surface area contributed by atoms with E-state index >= 15 is 0 Å². The van der Waals surface area contributed by atoms with Crippen LogP contribution in [0.25, 0.3) is 0 Å². The molecule has 2 N–H and O–H groups in total. The lowest BCUT2D eigenvalue weighted by Gasteiger charge is -2.37. The molecule has 0 aromatic heterocycles. The van der Waals surface area contributed by atoms with Crippen LogP contribution in [0.15, 0.2) is 0 Å². The predicted octanol–water partition coefficient (Wildman–Crippen LogP) is 3.36. The van der Waals surface area contributed by atoms with Crippen LogP contribution in [0.2, 0.25) is 0 Å². The Labute approximate surface area is 130 Å². The fourth-order valence-corrected chi connectivity index (χ4v) is 4.03. The Kier molecular flexibility index (Phi) is 6.97. The number of aliphatic hydroxyl groups is 1. The Hall–Kier alpha value is -0.120. The maximum Gasteiger partial charge on any atom is 0.0897 e. The third-order valence-corrected chi connectivity index (χ3v) is 5.46. The van der Waals surface area contributed by atoms with E-state index < -0.39 is 0 Å². The van der Waals surface area contributed by atoms with Gasteiger partial charge in [-0.3, -0.25) is 0 Å². The van der Waals surface area contributed by atoms with Crippen LogP contribution in [-0.2, 0) is 4.74 Å². The van der Waals surface area contributed by atoms with E-state index in [-0.39, 0.29) is 6.10 Å². The van der Waals surface area contributed by atoms with Crippen molar-refractivity contribution in [2.45, 2.75) is 84.0 Å². The van der Waals surface area contributed by atoms with Crippen LogP contribution in [0.4, 0.5) is 0 Å². The van der Waals surface area contributed by atoms with Crippen molar-refractivity contribution in [1.82, 2.24) is 5.32 Å². The van der Waals surface area contributed by atoms with Crippen LogP contribution in [0.3, 0.4) is 0 Å². The molecule has 0 heterocycles. The van der Waals surface area contributed by atoms with Crippen LogP contribution in [0.1, 0.15) is 65.7 Å². The van der Waals surface area contributed by atoms with Gasteiger partial charge in [-0.25, -0.2) is 0 Å². The van der Waals surface area contributed by atoms with Crippen molar-refractivity contribution in [3.8, 4) is 0 Å². The second-order valence-electron chi connectivity index (χ2n) is 7.74. The molecule has 0 unspecified atom stereocenters. The van der Waals surface area contributed by atoms with Crippen LogP contribution in [0.5, 0.6) is 0 Å². The smallest absolute Gasteiger partial charge is 0.0897 e. The van der Waals surface area contributed by atoms with E-state index in [1.807, 2.05) is 0 Å². The van der Waals surface area contributed by atoms with Gasteiger partial charge < -0.3 is 15.2 Å². The minimum absolute atomic E-state index is 0.342. The molecule has 2 rings (SSSR count). The number of nitrogens with one attached hydrogen (secondary N) is 1. The van der Waals surface area contributed by atoms with Gasteiger partial charge in [0.05, 0.1) is 18.8 Å². The summed E-state index contributed by atoms with van der Waals surface area (Å²) in [4.78, 5) is 0. The number of aliphatic hydroxyl groups excluding tert-OH is 1. The van der Waals surface area contributed by atoms with Crippen LogP contribution in [0, 0.1) is 17.8 Å². The molecule has 3 heteroatoms. The van der Waals surface area contributed by atoms with Crippen molar-refractivity contribution in [2.75, 3.05) is 13.2 Å². The maximum atomic E-state index is 10.1. The van der Waals surface area contributed by atoms with Gasteiger partial charge in [0.25, 0.3) is 0 Å². The van der Waals surface area contributed by atoms with Gasteiger partial charge in [0.2, 0.25) is 0 Å². The molecule has 0 aliphatic heterocycles. The fraction of sp³-hybridized carbons (Fsp3) is 1.00. The molecule has 4 atom stereocenters. The lowest BCUT2D eigenvalue weighted by Crippen LogP contribution is -2.39. The highest BCUT2D eigenvalue weighted by atomic mass is 16.5. The molecule has 2 aliphatic rings. The first-order valence-electron chi connectivity index (χ1n) is 9.09. The molecule has 0 radical (unpaired) electrons. The van der Waals surface area contributed by atoms with E-state index in [0.717, 1.165) is 12.3 Å². The minimum Gasteiger partial charge on any atom is -0.389 e. The van der Waals surface area contributed by atoms with Gasteiger partial charge in [0, 0.05) is 12.6 Å². The second-order valence-corrected chi connectivity index (χ2v) is 7.74. The van der Waals surface area contributed by atoms with Crippen molar-refractivity contribution in [1.29, 1.82) is 0 Å². The van der Waals surface area contributed by atoms with E-state index in [4.69, 9.17) is 4.74 Å². The third kappa shape index (κ3) is 5.54. The van der Waals surface area contributed by atoms with Crippen molar-refractivity contribution in [3.05, 3.63) is 0 Å². The molecule has 0 aromatic carbocycles. The molecule has 0 saturated heterocycles. The molecular weight excluding hydrogens is 262 g/mol. The molecule has 2 fully saturated rings. The topological polar surface area (TPSA) is 41.5 Å². The zero-order valence-corrected chi connectivity index (χ0v) is 14.2. The zero-order valence-electron chi connectivity index (χ0n) is 14.2. The Morgan fingerprint density at radius 2 is 1.86 bits per heavy atom. The Morgan fingerprint density at radius 1 is 1.14 bits per heavy atom. The van der Waals surface area contributed by atoms with Crippen LogP contribution < -0.4 is 5.32 Å². The first-order chi connectivity index (χ1) is 10.1. The molecule has 0 amide bonds. The van der Waals surface area contributed by atoms with Gasteiger partial charge in [-0.15, -0.1) is 0 Å². The van der Waals surface area contributed by atoms with Gasteiger partial charge in [0.15, 0.2) is 0 Å². The summed E-state index contributed by atoms with van der Waals surface area (Å²) in [7, 11) is 0. The summed E-state index contributed by atoms with van der Waals surface area (Å²) in [5.74, 6) is 2.10. The first-order valence-corrected chi connectivity index (χ1v) is 9.09. The van der Waals surface area contributed by atoms with Gasteiger partial charge in [-0.05, 0) is 43.4 Å². The second kappa shape index (κ2) is 8.50. The van der Waals surface area contributed by atoms with Crippen LogP contribution in [-0.4, -0.2) is 36.5 Å². The van der Waals surface area contributed by atoms with E-state index in [1.165, 1.54) is 38.5 Å². The summed E-state index contributed by atoms with van der Waals surface area (Å²) >= 11 is 0. The normalized spacial score (nSPS) is 32.7.